The minimum Gasteiger partial charge on any atom is -0.390 e. The van der Waals surface area contributed by atoms with Gasteiger partial charge in [-0.1, -0.05) is 36.5 Å². The number of benzene rings is 1. The number of piperidine rings is 1. The molecule has 11 heteroatoms. The zero-order valence-corrected chi connectivity index (χ0v) is 21.4. The highest BCUT2D eigenvalue weighted by Crippen LogP contribution is 2.36. The van der Waals surface area contributed by atoms with Crippen molar-refractivity contribution in [3.8, 4) is 11.3 Å². The third-order valence-electron chi connectivity index (χ3n) is 7.05. The van der Waals surface area contributed by atoms with Gasteiger partial charge in [0.25, 0.3) is 0 Å². The van der Waals surface area contributed by atoms with Crippen LogP contribution in [0, 0.1) is 5.41 Å². The maximum absolute atomic E-state index is 13.2. The van der Waals surface area contributed by atoms with Gasteiger partial charge in [-0.15, -0.1) is 0 Å². The lowest BCUT2D eigenvalue weighted by Crippen LogP contribution is -2.55. The normalized spacial score (nSPS) is 19.2. The van der Waals surface area contributed by atoms with Crippen LogP contribution in [0.25, 0.3) is 16.8 Å². The van der Waals surface area contributed by atoms with Crippen LogP contribution in [-0.2, 0) is 9.53 Å². The number of anilines is 1. The van der Waals surface area contributed by atoms with E-state index >= 15 is 0 Å². The molecule has 1 amide bonds. The number of amides is 1. The third-order valence-corrected chi connectivity index (χ3v) is 7.30. The summed E-state index contributed by atoms with van der Waals surface area (Å²) in [6.45, 7) is 4.23. The fraction of sp³-hybridized carbons (Fsp3) is 0.385. The molecule has 2 aliphatic rings. The first-order valence-electron chi connectivity index (χ1n) is 12.2. The lowest BCUT2D eigenvalue weighted by atomic mass is 9.85. The number of carbonyl (C=O) groups is 2. The molecule has 0 spiro atoms. The lowest BCUT2D eigenvalue weighted by Gasteiger charge is -2.42. The highest BCUT2D eigenvalue weighted by Gasteiger charge is 2.44. The molecule has 0 bridgehead atoms. The first-order valence-corrected chi connectivity index (χ1v) is 12.6. The van der Waals surface area contributed by atoms with Gasteiger partial charge in [-0.25, -0.2) is 15.0 Å². The van der Waals surface area contributed by atoms with Gasteiger partial charge < -0.3 is 21.1 Å². The molecule has 0 unspecified atom stereocenters. The van der Waals surface area contributed by atoms with Crippen molar-refractivity contribution in [1.29, 1.82) is 0 Å². The molecule has 37 heavy (non-hydrogen) atoms. The molecule has 2 saturated heterocycles. The number of Topliss-reactive ketones (excluding diaryl/α,β-unsaturated/α-hetero) is 1. The van der Waals surface area contributed by atoms with Crippen LogP contribution < -0.4 is 11.5 Å². The van der Waals surface area contributed by atoms with E-state index in [1.54, 1.807) is 18.3 Å². The maximum Gasteiger partial charge on any atom is 0.233 e. The summed E-state index contributed by atoms with van der Waals surface area (Å²) in [6, 6.07) is 7.17. The Kier molecular flexibility index (Phi) is 6.74. The predicted molar refractivity (Wildman–Crippen MR) is 145 cm³/mol. The number of aromatic nitrogens is 3. The number of hydrogen-bond donors (Lipinski definition) is 2. The number of fused-ring (bicyclic) bond motifs is 1. The van der Waals surface area contributed by atoms with Crippen LogP contribution in [0.3, 0.4) is 0 Å². The largest absolute Gasteiger partial charge is 0.390 e. The Hall–Kier alpha value is -3.70. The molecule has 0 aliphatic carbocycles. The monoisotopic (exact) mass is 519 g/mol. The van der Waals surface area contributed by atoms with E-state index in [9.17, 15) is 9.59 Å². The SMILES string of the molecule is CC1(C(=O)N2CCC[C@@H](c3nc(-c4ccc(C(=O)CC(=S)N=CN)cc4)c4c(N)nccn34)C2)COC1. The molecule has 2 aliphatic heterocycles. The summed E-state index contributed by atoms with van der Waals surface area (Å²) in [5.74, 6) is 1.26. The molecule has 0 radical (unpaired) electrons. The Morgan fingerprint density at radius 3 is 2.73 bits per heavy atom. The first-order chi connectivity index (χ1) is 17.8. The second kappa shape index (κ2) is 9.98. The quantitative estimate of drug-likeness (QED) is 0.219. The minimum absolute atomic E-state index is 0.0128. The third kappa shape index (κ3) is 4.72. The van der Waals surface area contributed by atoms with E-state index in [0.29, 0.717) is 42.4 Å². The number of imidazole rings is 1. The average molecular weight is 520 g/mol. The topological polar surface area (TPSA) is 141 Å². The highest BCUT2D eigenvalue weighted by molar-refractivity contribution is 7.80. The van der Waals surface area contributed by atoms with Crippen LogP contribution in [0.2, 0.25) is 0 Å². The number of carbonyl (C=O) groups excluding carboxylic acids is 2. The number of aliphatic imine (C=N–C) groups is 1. The van der Waals surface area contributed by atoms with Crippen LogP contribution in [0.4, 0.5) is 5.82 Å². The zero-order chi connectivity index (χ0) is 26.2. The molecule has 3 aromatic rings. The summed E-state index contributed by atoms with van der Waals surface area (Å²) >= 11 is 5.06. The molecule has 192 valence electrons. The highest BCUT2D eigenvalue weighted by atomic mass is 32.1. The first kappa shape index (κ1) is 25.0. The summed E-state index contributed by atoms with van der Waals surface area (Å²) in [6.07, 6.45) is 6.42. The van der Waals surface area contributed by atoms with Crippen molar-refractivity contribution in [2.24, 2.45) is 16.1 Å². The molecule has 10 nitrogen and oxygen atoms in total. The van der Waals surface area contributed by atoms with E-state index in [1.807, 2.05) is 34.6 Å². The van der Waals surface area contributed by atoms with Crippen molar-refractivity contribution < 1.29 is 14.3 Å². The number of nitrogens with two attached hydrogens (primary N) is 2. The van der Waals surface area contributed by atoms with E-state index < -0.39 is 5.41 Å². The Morgan fingerprint density at radius 2 is 2.05 bits per heavy atom. The molecule has 0 saturated carbocycles. The van der Waals surface area contributed by atoms with Gasteiger partial charge in [0.1, 0.15) is 27.8 Å². The number of nitrogens with zero attached hydrogens (tertiary/aromatic N) is 5. The van der Waals surface area contributed by atoms with Crippen LogP contribution >= 0.6 is 12.2 Å². The number of ether oxygens (including phenoxy) is 1. The van der Waals surface area contributed by atoms with E-state index in [4.69, 9.17) is 33.4 Å². The molecular weight excluding hydrogens is 490 g/mol. The summed E-state index contributed by atoms with van der Waals surface area (Å²) in [5.41, 5.74) is 13.9. The number of thiocarbonyl (C=S) groups is 1. The Bertz CT molecular complexity index is 1400. The molecule has 1 aromatic carbocycles. The smallest absolute Gasteiger partial charge is 0.233 e. The van der Waals surface area contributed by atoms with E-state index in [2.05, 4.69) is 9.98 Å². The molecule has 5 rings (SSSR count). The molecule has 4 N–H and O–H groups in total. The van der Waals surface area contributed by atoms with Crippen molar-refractivity contribution in [3.05, 3.63) is 48.0 Å². The fourth-order valence-corrected chi connectivity index (χ4v) is 5.24. The van der Waals surface area contributed by atoms with Gasteiger partial charge in [0.15, 0.2) is 5.78 Å². The Balaban J connectivity index is 1.45. The van der Waals surface area contributed by atoms with E-state index in [1.165, 1.54) is 0 Å². The average Bonchev–Trinajstić information content (AvgIpc) is 3.28. The number of ketones is 1. The van der Waals surface area contributed by atoms with Gasteiger partial charge in [-0.05, 0) is 19.8 Å². The van der Waals surface area contributed by atoms with Gasteiger partial charge in [0, 0.05) is 42.5 Å². The number of likely N-dealkylation sites (tertiary alicyclic amines) is 1. The number of hydrogen-bond acceptors (Lipinski definition) is 7. The number of nitrogen functional groups attached to an aromatic ring is 1. The summed E-state index contributed by atoms with van der Waals surface area (Å²) in [5, 5.41) is 0. The van der Waals surface area contributed by atoms with Crippen molar-refractivity contribution in [2.75, 3.05) is 32.0 Å². The summed E-state index contributed by atoms with van der Waals surface area (Å²) in [4.78, 5) is 41.0. The van der Waals surface area contributed by atoms with Gasteiger partial charge in [0.05, 0.1) is 31.4 Å². The lowest BCUT2D eigenvalue weighted by molar-refractivity contribution is -0.169. The molecular formula is C26H29N7O3S. The van der Waals surface area contributed by atoms with Crippen LogP contribution in [0.15, 0.2) is 41.7 Å². The standard InChI is InChI=1S/C26H29N7O3S/c1-26(13-36-14-26)25(35)32-9-2-3-18(12-32)24-31-21(22-23(28)29-8-10-33(22)24)17-6-4-16(5-7-17)19(34)11-20(37)30-15-27/h4-8,10,15,18H,2-3,9,11-14H2,1H3,(H2,28,29)(H2,27,30,37)/t18-/m1/s1. The van der Waals surface area contributed by atoms with Crippen molar-refractivity contribution in [3.63, 3.8) is 0 Å². The predicted octanol–water partition coefficient (Wildman–Crippen LogP) is 2.61. The van der Waals surface area contributed by atoms with Crippen molar-refractivity contribution in [2.45, 2.75) is 32.1 Å². The van der Waals surface area contributed by atoms with Crippen molar-refractivity contribution >= 4 is 46.6 Å². The van der Waals surface area contributed by atoms with Gasteiger partial charge in [0.2, 0.25) is 5.91 Å². The van der Waals surface area contributed by atoms with Crippen LogP contribution in [0.5, 0.6) is 0 Å². The fourth-order valence-electron chi connectivity index (χ4n) is 5.04. The van der Waals surface area contributed by atoms with Crippen LogP contribution in [0.1, 0.15) is 48.3 Å². The molecule has 2 fully saturated rings. The summed E-state index contributed by atoms with van der Waals surface area (Å²) in [7, 11) is 0. The Morgan fingerprint density at radius 1 is 1.30 bits per heavy atom. The van der Waals surface area contributed by atoms with Crippen molar-refractivity contribution in [1.82, 2.24) is 19.3 Å². The minimum atomic E-state index is -0.435. The van der Waals surface area contributed by atoms with Gasteiger partial charge in [-0.3, -0.25) is 14.0 Å². The van der Waals surface area contributed by atoms with E-state index in [0.717, 1.165) is 37.1 Å². The molecule has 4 heterocycles. The number of rotatable bonds is 6. The second-order valence-electron chi connectivity index (χ2n) is 9.84. The van der Waals surface area contributed by atoms with Gasteiger partial charge >= 0.3 is 0 Å². The van der Waals surface area contributed by atoms with E-state index in [-0.39, 0.29) is 29.0 Å². The summed E-state index contributed by atoms with van der Waals surface area (Å²) < 4.78 is 7.29. The second-order valence-corrected chi connectivity index (χ2v) is 10.3. The van der Waals surface area contributed by atoms with Crippen LogP contribution in [-0.4, -0.2) is 68.6 Å². The van der Waals surface area contributed by atoms with Gasteiger partial charge in [-0.2, -0.15) is 0 Å². The Labute approximate surface area is 219 Å². The maximum atomic E-state index is 13.2. The molecule has 2 aromatic heterocycles. The zero-order valence-electron chi connectivity index (χ0n) is 20.6. The molecule has 1 atom stereocenters.